The molecule has 1 unspecified atom stereocenters. The number of carbonyl (C=O) groups excluding carboxylic acids is 2. The maximum Gasteiger partial charge on any atom is 0.344 e. The molecule has 0 spiro atoms. The number of amides is 2. The Morgan fingerprint density at radius 2 is 1.97 bits per heavy atom. The number of aliphatic carboxylic acids is 1. The average Bonchev–Trinajstić information content (AvgIpc) is 3.02. The molecule has 160 valence electrons. The summed E-state index contributed by atoms with van der Waals surface area (Å²) in [6, 6.07) is 7.84. The molecule has 31 heavy (non-hydrogen) atoms. The van der Waals surface area contributed by atoms with Crippen molar-refractivity contribution in [2.75, 3.05) is 7.11 Å². The average molecular weight is 460 g/mol. The van der Waals surface area contributed by atoms with Crippen molar-refractivity contribution in [3.8, 4) is 11.5 Å². The van der Waals surface area contributed by atoms with E-state index in [1.807, 2.05) is 0 Å². The summed E-state index contributed by atoms with van der Waals surface area (Å²) in [5.74, 6) is -1.51. The van der Waals surface area contributed by atoms with Gasteiger partial charge >= 0.3 is 5.97 Å². The van der Waals surface area contributed by atoms with E-state index in [9.17, 15) is 14.4 Å². The van der Waals surface area contributed by atoms with Gasteiger partial charge in [0.15, 0.2) is 21.9 Å². The summed E-state index contributed by atoms with van der Waals surface area (Å²) in [5.41, 5.74) is 3.43. The zero-order valence-corrected chi connectivity index (χ0v) is 18.0. The van der Waals surface area contributed by atoms with Crippen LogP contribution in [0.2, 0.25) is 0 Å². The molecule has 1 aromatic heterocycles. The molecule has 1 aliphatic heterocycles. The van der Waals surface area contributed by atoms with Gasteiger partial charge in [-0.15, -0.1) is 0 Å². The smallest absolute Gasteiger partial charge is 0.344 e. The van der Waals surface area contributed by atoms with Crippen LogP contribution in [0.15, 0.2) is 47.6 Å². The number of thiocarbonyl (C=S) groups is 1. The summed E-state index contributed by atoms with van der Waals surface area (Å²) in [5, 5.41) is 10.0. The van der Waals surface area contributed by atoms with Gasteiger partial charge in [0.2, 0.25) is 0 Å². The molecule has 11 heteroatoms. The predicted octanol–water partition coefficient (Wildman–Crippen LogP) is 2.49. The van der Waals surface area contributed by atoms with Crippen LogP contribution in [-0.4, -0.2) is 50.4 Å². The molecule has 2 N–H and O–H groups in total. The topological polar surface area (TPSA) is 118 Å². The number of aromatic nitrogens is 1. The van der Waals surface area contributed by atoms with Gasteiger partial charge in [0.1, 0.15) is 0 Å². The highest BCUT2D eigenvalue weighted by Gasteiger charge is 2.33. The Labute approximate surface area is 187 Å². The molecule has 2 aromatic rings. The molecular weight excluding hydrogens is 442 g/mol. The first-order valence-electron chi connectivity index (χ1n) is 8.86. The number of thioether (sulfide) groups is 1. The second kappa shape index (κ2) is 9.58. The molecule has 3 rings (SSSR count). The number of hydrogen-bond acceptors (Lipinski definition) is 8. The minimum atomic E-state index is -1.11. The van der Waals surface area contributed by atoms with Gasteiger partial charge < -0.3 is 14.6 Å². The highest BCUT2D eigenvalue weighted by molar-refractivity contribution is 8.26. The summed E-state index contributed by atoms with van der Waals surface area (Å²) < 4.78 is 10.8. The van der Waals surface area contributed by atoms with Crippen molar-refractivity contribution in [2.24, 2.45) is 0 Å². The standard InChI is InChI=1S/C20H17N3O6S2/c1-11(19(26)27)29-14-4-3-12(9-15(14)28-2)10-16-18(25)23(20(30)31-16)22-17(24)13-5-7-21-8-6-13/h3-11H,1-2H3,(H,22,24)(H,26,27)/b16-10+. The number of nitrogens with one attached hydrogen (secondary N) is 1. The minimum absolute atomic E-state index is 0.181. The van der Waals surface area contributed by atoms with Crippen molar-refractivity contribution >= 4 is 52.2 Å². The van der Waals surface area contributed by atoms with Gasteiger partial charge in [-0.1, -0.05) is 17.8 Å². The van der Waals surface area contributed by atoms with Crippen LogP contribution < -0.4 is 14.9 Å². The quantitative estimate of drug-likeness (QED) is 0.475. The number of nitrogens with zero attached hydrogens (tertiary/aromatic N) is 2. The van der Waals surface area contributed by atoms with E-state index < -0.39 is 23.9 Å². The van der Waals surface area contributed by atoms with Crippen LogP contribution in [0.1, 0.15) is 22.8 Å². The fraction of sp³-hybridized carbons (Fsp3) is 0.150. The van der Waals surface area contributed by atoms with Gasteiger partial charge in [-0.25, -0.2) is 4.79 Å². The van der Waals surface area contributed by atoms with E-state index in [1.54, 1.807) is 24.3 Å². The Bertz CT molecular complexity index is 1070. The van der Waals surface area contributed by atoms with Crippen molar-refractivity contribution < 1.29 is 29.0 Å². The molecule has 0 saturated carbocycles. The second-order valence-corrected chi connectivity index (χ2v) is 7.88. The second-order valence-electron chi connectivity index (χ2n) is 6.20. The SMILES string of the molecule is COc1cc(/C=C2/SC(=S)N(NC(=O)c3ccncc3)C2=O)ccc1OC(C)C(=O)O. The number of hydrogen-bond donors (Lipinski definition) is 2. The van der Waals surface area contributed by atoms with E-state index in [-0.39, 0.29) is 10.1 Å². The first-order chi connectivity index (χ1) is 14.8. The number of methoxy groups -OCH3 is 1. The van der Waals surface area contributed by atoms with E-state index in [0.29, 0.717) is 21.8 Å². The first-order valence-corrected chi connectivity index (χ1v) is 10.1. The Balaban J connectivity index is 1.77. The molecule has 1 atom stereocenters. The minimum Gasteiger partial charge on any atom is -0.493 e. The molecule has 9 nitrogen and oxygen atoms in total. The zero-order valence-electron chi connectivity index (χ0n) is 16.4. The predicted molar refractivity (Wildman–Crippen MR) is 117 cm³/mol. The molecule has 2 amide bonds. The van der Waals surface area contributed by atoms with Gasteiger partial charge in [0.25, 0.3) is 11.8 Å². The summed E-state index contributed by atoms with van der Waals surface area (Å²) in [7, 11) is 1.42. The van der Waals surface area contributed by atoms with Crippen molar-refractivity contribution in [3.05, 3.63) is 58.8 Å². The molecule has 1 aromatic carbocycles. The van der Waals surface area contributed by atoms with Crippen molar-refractivity contribution in [2.45, 2.75) is 13.0 Å². The number of rotatable bonds is 7. The van der Waals surface area contributed by atoms with E-state index in [4.69, 9.17) is 26.8 Å². The fourth-order valence-corrected chi connectivity index (χ4v) is 3.68. The Kier molecular flexibility index (Phi) is 6.88. The molecule has 1 aliphatic rings. The van der Waals surface area contributed by atoms with Gasteiger partial charge in [-0.3, -0.25) is 20.0 Å². The van der Waals surface area contributed by atoms with Crippen molar-refractivity contribution in [1.82, 2.24) is 15.4 Å². The number of carboxylic acids is 1. The lowest BCUT2D eigenvalue weighted by Gasteiger charge is -2.15. The van der Waals surface area contributed by atoms with E-state index in [1.165, 1.54) is 38.6 Å². The Morgan fingerprint density at radius 3 is 2.61 bits per heavy atom. The van der Waals surface area contributed by atoms with Crippen LogP contribution in [0.25, 0.3) is 6.08 Å². The third-order valence-corrected chi connectivity index (χ3v) is 5.39. The molecule has 2 heterocycles. The molecule has 1 fully saturated rings. The lowest BCUT2D eigenvalue weighted by Crippen LogP contribution is -2.44. The maximum absolute atomic E-state index is 12.7. The first kappa shape index (κ1) is 22.2. The number of pyridine rings is 1. The van der Waals surface area contributed by atoms with Crippen LogP contribution in [-0.2, 0) is 9.59 Å². The van der Waals surface area contributed by atoms with Gasteiger partial charge in [0.05, 0.1) is 12.0 Å². The van der Waals surface area contributed by atoms with Crippen LogP contribution >= 0.6 is 24.0 Å². The van der Waals surface area contributed by atoms with E-state index in [2.05, 4.69) is 10.4 Å². The third kappa shape index (κ3) is 5.19. The van der Waals surface area contributed by atoms with Gasteiger partial charge in [-0.2, -0.15) is 5.01 Å². The lowest BCUT2D eigenvalue weighted by molar-refractivity contribution is -0.144. The van der Waals surface area contributed by atoms with Crippen molar-refractivity contribution in [3.63, 3.8) is 0 Å². The maximum atomic E-state index is 12.7. The summed E-state index contributed by atoms with van der Waals surface area (Å²) >= 11 is 6.26. The van der Waals surface area contributed by atoms with Crippen LogP contribution in [0.4, 0.5) is 0 Å². The number of benzene rings is 1. The largest absolute Gasteiger partial charge is 0.493 e. The van der Waals surface area contributed by atoms with Crippen molar-refractivity contribution in [1.29, 1.82) is 0 Å². The van der Waals surface area contributed by atoms with E-state index >= 15 is 0 Å². The highest BCUT2D eigenvalue weighted by atomic mass is 32.2. The van der Waals surface area contributed by atoms with Crippen LogP contribution in [0, 0.1) is 0 Å². The Morgan fingerprint density at radius 1 is 1.26 bits per heavy atom. The summed E-state index contributed by atoms with van der Waals surface area (Å²) in [4.78, 5) is 40.2. The fourth-order valence-electron chi connectivity index (χ4n) is 2.50. The lowest BCUT2D eigenvalue weighted by atomic mass is 10.2. The number of hydrazine groups is 1. The highest BCUT2D eigenvalue weighted by Crippen LogP contribution is 2.34. The Hall–Kier alpha value is -3.44. The van der Waals surface area contributed by atoms with Crippen LogP contribution in [0.5, 0.6) is 11.5 Å². The molecule has 0 aliphatic carbocycles. The summed E-state index contributed by atoms with van der Waals surface area (Å²) in [6.45, 7) is 1.40. The van der Waals surface area contributed by atoms with Gasteiger partial charge in [0, 0.05) is 18.0 Å². The zero-order chi connectivity index (χ0) is 22.5. The number of carbonyl (C=O) groups is 3. The normalized spacial score (nSPS) is 15.7. The summed E-state index contributed by atoms with van der Waals surface area (Å²) in [6.07, 6.45) is 3.47. The monoisotopic (exact) mass is 459 g/mol. The molecule has 1 saturated heterocycles. The number of carboxylic acid groups (broad SMARTS) is 1. The van der Waals surface area contributed by atoms with Crippen LogP contribution in [0.3, 0.4) is 0 Å². The third-order valence-electron chi connectivity index (χ3n) is 4.09. The van der Waals surface area contributed by atoms with Gasteiger partial charge in [-0.05, 0) is 55.0 Å². The molecular formula is C20H17N3O6S2. The molecule has 0 bridgehead atoms. The van der Waals surface area contributed by atoms with E-state index in [0.717, 1.165) is 16.8 Å². The molecule has 0 radical (unpaired) electrons. The number of ether oxygens (including phenoxy) is 2.